The third-order valence-corrected chi connectivity index (χ3v) is 5.86. The molecule has 0 aliphatic carbocycles. The normalized spacial score (nSPS) is 11.1. The summed E-state index contributed by atoms with van der Waals surface area (Å²) in [4.78, 5) is 24.6. The van der Waals surface area contributed by atoms with Gasteiger partial charge in [0.15, 0.2) is 5.82 Å². The summed E-state index contributed by atoms with van der Waals surface area (Å²) in [6.45, 7) is 4.79. The molecule has 0 saturated heterocycles. The number of hydrogen-bond donors (Lipinski definition) is 1. The van der Waals surface area contributed by atoms with E-state index in [1.807, 2.05) is 79.7 Å². The Labute approximate surface area is 210 Å². The maximum Gasteiger partial charge on any atom is 0.270 e. The highest BCUT2D eigenvalue weighted by atomic mass is 35.5. The van der Waals surface area contributed by atoms with E-state index in [4.69, 9.17) is 16.3 Å². The number of nitrogens with one attached hydrogen (secondary N) is 1. The number of ether oxygens (including phenoxy) is 1. The Morgan fingerprint density at radius 2 is 1.74 bits per heavy atom. The number of amides is 1. The lowest BCUT2D eigenvalue weighted by Crippen LogP contribution is -2.29. The number of hydrogen-bond acceptors (Lipinski definition) is 5. The van der Waals surface area contributed by atoms with Crippen molar-refractivity contribution in [2.24, 2.45) is 0 Å². The van der Waals surface area contributed by atoms with Crippen molar-refractivity contribution < 1.29 is 9.53 Å². The Balaban J connectivity index is 1.41. The molecule has 0 saturated carbocycles. The molecule has 0 unspecified atom stereocenters. The van der Waals surface area contributed by atoms with Gasteiger partial charge in [-0.2, -0.15) is 0 Å². The number of fused-ring (bicyclic) bond motifs is 1. The number of para-hydroxylation sites is 1. The van der Waals surface area contributed by atoms with Gasteiger partial charge in [0, 0.05) is 29.1 Å². The predicted octanol–water partition coefficient (Wildman–Crippen LogP) is 5.60. The fraction of sp³-hybridized carbons (Fsp3) is 0.250. The number of nitrogens with zero attached hydrogens (tertiary/aromatic N) is 3. The predicted molar refractivity (Wildman–Crippen MR) is 141 cm³/mol. The van der Waals surface area contributed by atoms with Crippen molar-refractivity contribution in [3.63, 3.8) is 0 Å². The molecule has 4 aromatic rings. The molecule has 1 aromatic heterocycles. The molecule has 0 aliphatic rings. The van der Waals surface area contributed by atoms with E-state index in [1.54, 1.807) is 0 Å². The van der Waals surface area contributed by atoms with Crippen LogP contribution in [0.5, 0.6) is 5.75 Å². The van der Waals surface area contributed by atoms with Gasteiger partial charge in [0.25, 0.3) is 5.91 Å². The zero-order valence-corrected chi connectivity index (χ0v) is 20.8. The molecule has 0 fully saturated rings. The topological polar surface area (TPSA) is 67.3 Å². The molecule has 0 radical (unpaired) electrons. The molecule has 1 N–H and O–H groups in total. The SMILES string of the molecule is CCOc1ccc(-c2nc(C(=O)NCCCN(C)Cc3ccc(Cl)cc3)c3ccccc3n2)cc1. The molecule has 3 aromatic carbocycles. The first-order chi connectivity index (χ1) is 17.0. The second-order valence-corrected chi connectivity index (χ2v) is 8.78. The van der Waals surface area contributed by atoms with E-state index in [0.717, 1.165) is 46.7 Å². The van der Waals surface area contributed by atoms with Gasteiger partial charge in [-0.25, -0.2) is 9.97 Å². The quantitative estimate of drug-likeness (QED) is 0.294. The summed E-state index contributed by atoms with van der Waals surface area (Å²) in [5.74, 6) is 1.10. The molecule has 6 nitrogen and oxygen atoms in total. The van der Waals surface area contributed by atoms with E-state index in [0.29, 0.717) is 24.7 Å². The van der Waals surface area contributed by atoms with Crippen molar-refractivity contribution in [1.82, 2.24) is 20.2 Å². The van der Waals surface area contributed by atoms with Gasteiger partial charge in [0.2, 0.25) is 0 Å². The van der Waals surface area contributed by atoms with Crippen molar-refractivity contribution in [2.45, 2.75) is 19.9 Å². The van der Waals surface area contributed by atoms with Crippen LogP contribution in [0.2, 0.25) is 5.02 Å². The third-order valence-electron chi connectivity index (χ3n) is 5.61. The van der Waals surface area contributed by atoms with Gasteiger partial charge < -0.3 is 15.0 Å². The summed E-state index contributed by atoms with van der Waals surface area (Å²) < 4.78 is 5.52. The van der Waals surface area contributed by atoms with Crippen LogP contribution in [-0.2, 0) is 6.54 Å². The highest BCUT2D eigenvalue weighted by Gasteiger charge is 2.15. The van der Waals surface area contributed by atoms with Crippen molar-refractivity contribution in [3.05, 3.63) is 89.1 Å². The number of benzene rings is 3. The molecule has 0 atom stereocenters. The molecule has 4 rings (SSSR count). The summed E-state index contributed by atoms with van der Waals surface area (Å²) >= 11 is 5.96. The first-order valence-corrected chi connectivity index (χ1v) is 12.1. The Morgan fingerprint density at radius 1 is 1.00 bits per heavy atom. The third kappa shape index (κ3) is 6.56. The molecule has 0 spiro atoms. The number of carbonyl (C=O) groups is 1. The van der Waals surface area contributed by atoms with Gasteiger partial charge in [-0.3, -0.25) is 4.79 Å². The lowest BCUT2D eigenvalue weighted by Gasteiger charge is -2.17. The van der Waals surface area contributed by atoms with Gasteiger partial charge in [-0.15, -0.1) is 0 Å². The van der Waals surface area contributed by atoms with Gasteiger partial charge in [0.05, 0.1) is 12.1 Å². The number of carbonyl (C=O) groups excluding carboxylic acids is 1. The molecule has 35 heavy (non-hydrogen) atoms. The number of aromatic nitrogens is 2. The van der Waals surface area contributed by atoms with Crippen molar-refractivity contribution in [1.29, 1.82) is 0 Å². The largest absolute Gasteiger partial charge is 0.494 e. The summed E-state index contributed by atoms with van der Waals surface area (Å²) in [6.07, 6.45) is 0.824. The first-order valence-electron chi connectivity index (χ1n) is 11.7. The first kappa shape index (κ1) is 24.6. The van der Waals surface area contributed by atoms with E-state index < -0.39 is 0 Å². The minimum absolute atomic E-state index is 0.198. The van der Waals surface area contributed by atoms with Crippen molar-refractivity contribution >= 4 is 28.4 Å². The van der Waals surface area contributed by atoms with Gasteiger partial charge in [-0.05, 0) is 75.0 Å². The Hall–Kier alpha value is -3.48. The number of halogens is 1. The van der Waals surface area contributed by atoms with Crippen LogP contribution in [0.4, 0.5) is 0 Å². The molecule has 1 amide bonds. The fourth-order valence-electron chi connectivity index (χ4n) is 3.86. The average Bonchev–Trinajstić information content (AvgIpc) is 2.88. The van der Waals surface area contributed by atoms with Crippen LogP contribution >= 0.6 is 11.6 Å². The molecule has 7 heteroatoms. The maximum absolute atomic E-state index is 13.1. The van der Waals surface area contributed by atoms with Crippen molar-refractivity contribution in [2.75, 3.05) is 26.7 Å². The Morgan fingerprint density at radius 3 is 2.49 bits per heavy atom. The van der Waals surface area contributed by atoms with E-state index in [-0.39, 0.29) is 5.91 Å². The van der Waals surface area contributed by atoms with Gasteiger partial charge in [-0.1, -0.05) is 41.9 Å². The summed E-state index contributed by atoms with van der Waals surface area (Å²) in [5.41, 5.74) is 3.15. The van der Waals surface area contributed by atoms with Gasteiger partial charge >= 0.3 is 0 Å². The van der Waals surface area contributed by atoms with Crippen LogP contribution in [0.3, 0.4) is 0 Å². The zero-order valence-electron chi connectivity index (χ0n) is 20.0. The molecule has 0 aliphatic heterocycles. The lowest BCUT2D eigenvalue weighted by atomic mass is 10.1. The van der Waals surface area contributed by atoms with Crippen LogP contribution in [-0.4, -0.2) is 47.5 Å². The molecule has 180 valence electrons. The van der Waals surface area contributed by atoms with E-state index in [9.17, 15) is 4.79 Å². The Kier molecular flexibility index (Phi) is 8.29. The van der Waals surface area contributed by atoms with E-state index >= 15 is 0 Å². The second kappa shape index (κ2) is 11.8. The molecular weight excluding hydrogens is 460 g/mol. The second-order valence-electron chi connectivity index (χ2n) is 8.34. The standard InChI is InChI=1S/C28H29ClN4O2/c1-3-35-23-15-11-21(12-16-23)27-31-25-8-5-4-7-24(25)26(32-27)28(34)30-17-6-18-33(2)19-20-9-13-22(29)14-10-20/h4-5,7-16H,3,6,17-19H2,1-2H3,(H,30,34). The number of rotatable bonds is 10. The van der Waals surface area contributed by atoms with Crippen molar-refractivity contribution in [3.8, 4) is 17.1 Å². The van der Waals surface area contributed by atoms with Crippen LogP contribution in [0.1, 0.15) is 29.4 Å². The van der Waals surface area contributed by atoms with Crippen LogP contribution in [0, 0.1) is 0 Å². The zero-order chi connectivity index (χ0) is 24.6. The molecule has 1 heterocycles. The molecular formula is C28H29ClN4O2. The summed E-state index contributed by atoms with van der Waals surface area (Å²) in [7, 11) is 2.07. The maximum atomic E-state index is 13.1. The minimum Gasteiger partial charge on any atom is -0.494 e. The van der Waals surface area contributed by atoms with Crippen LogP contribution in [0.15, 0.2) is 72.8 Å². The highest BCUT2D eigenvalue weighted by molar-refractivity contribution is 6.30. The fourth-order valence-corrected chi connectivity index (χ4v) is 3.99. The summed E-state index contributed by atoms with van der Waals surface area (Å²) in [5, 5.41) is 4.50. The van der Waals surface area contributed by atoms with E-state index in [1.165, 1.54) is 5.56 Å². The van der Waals surface area contributed by atoms with E-state index in [2.05, 4.69) is 27.2 Å². The molecule has 0 bridgehead atoms. The Bertz CT molecular complexity index is 1280. The van der Waals surface area contributed by atoms with Gasteiger partial charge in [0.1, 0.15) is 11.4 Å². The summed E-state index contributed by atoms with van der Waals surface area (Å²) in [6, 6.07) is 23.0. The average molecular weight is 489 g/mol. The van der Waals surface area contributed by atoms with Crippen LogP contribution < -0.4 is 10.1 Å². The van der Waals surface area contributed by atoms with Crippen LogP contribution in [0.25, 0.3) is 22.3 Å². The highest BCUT2D eigenvalue weighted by Crippen LogP contribution is 2.24. The monoisotopic (exact) mass is 488 g/mol. The lowest BCUT2D eigenvalue weighted by molar-refractivity contribution is 0.0948. The minimum atomic E-state index is -0.198. The smallest absolute Gasteiger partial charge is 0.270 e.